The second-order valence-corrected chi connectivity index (χ2v) is 4.54. The summed E-state index contributed by atoms with van der Waals surface area (Å²) in [6, 6.07) is 3.87. The smallest absolute Gasteiger partial charge is 0.247 e. The van der Waals surface area contributed by atoms with E-state index in [0.717, 1.165) is 12.8 Å². The Hall–Kier alpha value is -1.55. The molecule has 0 saturated heterocycles. The van der Waals surface area contributed by atoms with Crippen LogP contribution >= 0.6 is 0 Å². The summed E-state index contributed by atoms with van der Waals surface area (Å²) in [4.78, 5) is 13.9. The molecule has 0 unspecified atom stereocenters. The van der Waals surface area contributed by atoms with Crippen molar-refractivity contribution in [3.8, 4) is 0 Å². The van der Waals surface area contributed by atoms with Crippen molar-refractivity contribution in [2.45, 2.75) is 31.7 Å². The highest BCUT2D eigenvalue weighted by molar-refractivity contribution is 5.91. The highest BCUT2D eigenvalue weighted by Crippen LogP contribution is 2.23. The number of furan rings is 1. The second-order valence-electron chi connectivity index (χ2n) is 4.54. The molecule has 1 aromatic heterocycles. The molecule has 0 bridgehead atoms. The van der Waals surface area contributed by atoms with E-state index in [-0.39, 0.29) is 18.6 Å². The number of aliphatic hydroxyl groups is 1. The molecule has 1 N–H and O–H groups in total. The fraction of sp³-hybridized carbons (Fsp3) is 0.500. The van der Waals surface area contributed by atoms with Crippen molar-refractivity contribution in [3.05, 3.63) is 30.2 Å². The Morgan fingerprint density at radius 2 is 2.28 bits per heavy atom. The molecule has 0 aliphatic heterocycles. The van der Waals surface area contributed by atoms with Crippen LogP contribution in [0.25, 0.3) is 6.08 Å². The number of hydrogen-bond donors (Lipinski definition) is 1. The monoisotopic (exact) mass is 249 g/mol. The van der Waals surface area contributed by atoms with E-state index in [1.807, 2.05) is 0 Å². The zero-order valence-electron chi connectivity index (χ0n) is 10.4. The maximum absolute atomic E-state index is 12.1. The maximum Gasteiger partial charge on any atom is 0.247 e. The molecular formula is C14H19NO3. The summed E-state index contributed by atoms with van der Waals surface area (Å²) in [5, 5.41) is 9.06. The summed E-state index contributed by atoms with van der Waals surface area (Å²) in [7, 11) is 0. The number of amides is 1. The summed E-state index contributed by atoms with van der Waals surface area (Å²) in [6.07, 6.45) is 9.19. The van der Waals surface area contributed by atoms with Crippen LogP contribution in [-0.2, 0) is 4.79 Å². The highest BCUT2D eigenvalue weighted by Gasteiger charge is 2.24. The van der Waals surface area contributed by atoms with Crippen LogP contribution in [0.5, 0.6) is 0 Å². The van der Waals surface area contributed by atoms with Crippen LogP contribution in [0.2, 0.25) is 0 Å². The molecule has 18 heavy (non-hydrogen) atoms. The van der Waals surface area contributed by atoms with Crippen molar-refractivity contribution < 1.29 is 14.3 Å². The standard InChI is InChI=1S/C14H19NO3/c16-10-9-15(12-4-1-2-5-12)14(17)8-7-13-6-3-11-18-13/h3,6-8,11-12,16H,1-2,4-5,9-10H2. The first kappa shape index (κ1) is 12.9. The molecule has 0 atom stereocenters. The van der Waals surface area contributed by atoms with Gasteiger partial charge in [0.25, 0.3) is 0 Å². The van der Waals surface area contributed by atoms with Crippen LogP contribution in [-0.4, -0.2) is 35.1 Å². The van der Waals surface area contributed by atoms with Gasteiger partial charge in [-0.2, -0.15) is 0 Å². The lowest BCUT2D eigenvalue weighted by atomic mass is 10.2. The third-order valence-corrected chi connectivity index (χ3v) is 3.32. The molecule has 2 rings (SSSR count). The van der Waals surface area contributed by atoms with Gasteiger partial charge < -0.3 is 14.4 Å². The van der Waals surface area contributed by atoms with Gasteiger partial charge in [-0.25, -0.2) is 0 Å². The first-order valence-electron chi connectivity index (χ1n) is 6.44. The zero-order valence-corrected chi connectivity index (χ0v) is 10.4. The highest BCUT2D eigenvalue weighted by atomic mass is 16.3. The van der Waals surface area contributed by atoms with Crippen LogP contribution in [0.4, 0.5) is 0 Å². The van der Waals surface area contributed by atoms with E-state index < -0.39 is 0 Å². The van der Waals surface area contributed by atoms with E-state index in [1.54, 1.807) is 29.4 Å². The van der Waals surface area contributed by atoms with Crippen LogP contribution in [0, 0.1) is 0 Å². The molecule has 1 aromatic rings. The minimum atomic E-state index is -0.0487. The average molecular weight is 249 g/mol. The summed E-state index contributed by atoms with van der Waals surface area (Å²) in [5.74, 6) is 0.617. The minimum absolute atomic E-state index is 0.0107. The summed E-state index contributed by atoms with van der Waals surface area (Å²) in [5.41, 5.74) is 0. The molecule has 1 aliphatic rings. The molecule has 1 aliphatic carbocycles. The Labute approximate surface area is 107 Å². The minimum Gasteiger partial charge on any atom is -0.465 e. The van der Waals surface area contributed by atoms with Gasteiger partial charge in [0, 0.05) is 18.7 Å². The van der Waals surface area contributed by atoms with E-state index in [1.165, 1.54) is 18.9 Å². The molecule has 0 aromatic carbocycles. The number of carbonyl (C=O) groups excluding carboxylic acids is 1. The molecule has 4 heteroatoms. The van der Waals surface area contributed by atoms with Crippen molar-refractivity contribution in [1.82, 2.24) is 4.90 Å². The lowest BCUT2D eigenvalue weighted by Gasteiger charge is -2.27. The first-order valence-corrected chi connectivity index (χ1v) is 6.44. The van der Waals surface area contributed by atoms with Crippen LogP contribution < -0.4 is 0 Å². The molecular weight excluding hydrogens is 230 g/mol. The van der Waals surface area contributed by atoms with E-state index in [9.17, 15) is 4.79 Å². The van der Waals surface area contributed by atoms with Gasteiger partial charge in [-0.15, -0.1) is 0 Å². The summed E-state index contributed by atoms with van der Waals surface area (Å²) < 4.78 is 5.14. The Morgan fingerprint density at radius 1 is 1.50 bits per heavy atom. The number of carbonyl (C=O) groups is 1. The van der Waals surface area contributed by atoms with Gasteiger partial charge in [0.2, 0.25) is 5.91 Å². The van der Waals surface area contributed by atoms with Gasteiger partial charge >= 0.3 is 0 Å². The second kappa shape index (κ2) is 6.40. The number of nitrogens with zero attached hydrogens (tertiary/aromatic N) is 1. The third kappa shape index (κ3) is 3.23. The SMILES string of the molecule is O=C(C=Cc1ccco1)N(CCO)C1CCCC1. The topological polar surface area (TPSA) is 53.7 Å². The number of hydrogen-bond acceptors (Lipinski definition) is 3. The van der Waals surface area contributed by atoms with Gasteiger partial charge in [0.1, 0.15) is 5.76 Å². The molecule has 98 valence electrons. The molecule has 4 nitrogen and oxygen atoms in total. The fourth-order valence-corrected chi connectivity index (χ4v) is 2.43. The molecule has 1 fully saturated rings. The van der Waals surface area contributed by atoms with E-state index >= 15 is 0 Å². The summed E-state index contributed by atoms with van der Waals surface area (Å²) in [6.45, 7) is 0.419. The van der Waals surface area contributed by atoms with Gasteiger partial charge in [-0.3, -0.25) is 4.79 Å². The zero-order chi connectivity index (χ0) is 12.8. The van der Waals surface area contributed by atoms with Crippen molar-refractivity contribution in [2.24, 2.45) is 0 Å². The average Bonchev–Trinajstić information content (AvgIpc) is 3.05. The maximum atomic E-state index is 12.1. The van der Waals surface area contributed by atoms with Crippen LogP contribution in [0.3, 0.4) is 0 Å². The molecule has 1 heterocycles. The Kier molecular flexibility index (Phi) is 4.59. The molecule has 1 saturated carbocycles. The van der Waals surface area contributed by atoms with Crippen LogP contribution in [0.1, 0.15) is 31.4 Å². The largest absolute Gasteiger partial charge is 0.465 e. The molecule has 0 spiro atoms. The predicted octanol–water partition coefficient (Wildman–Crippen LogP) is 2.06. The fourth-order valence-electron chi connectivity index (χ4n) is 2.43. The van der Waals surface area contributed by atoms with Gasteiger partial charge in [0.15, 0.2) is 0 Å². The van der Waals surface area contributed by atoms with Crippen LogP contribution in [0.15, 0.2) is 28.9 Å². The van der Waals surface area contributed by atoms with Gasteiger partial charge in [0.05, 0.1) is 12.9 Å². The lowest BCUT2D eigenvalue weighted by molar-refractivity contribution is -0.128. The van der Waals surface area contributed by atoms with Gasteiger partial charge in [-0.05, 0) is 31.1 Å². The third-order valence-electron chi connectivity index (χ3n) is 3.32. The van der Waals surface area contributed by atoms with Crippen molar-refractivity contribution in [1.29, 1.82) is 0 Å². The Balaban J connectivity index is 1.98. The number of rotatable bonds is 5. The quantitative estimate of drug-likeness (QED) is 0.813. The van der Waals surface area contributed by atoms with Crippen molar-refractivity contribution in [3.63, 3.8) is 0 Å². The van der Waals surface area contributed by atoms with Crippen molar-refractivity contribution >= 4 is 12.0 Å². The van der Waals surface area contributed by atoms with Crippen molar-refractivity contribution in [2.75, 3.05) is 13.2 Å². The van der Waals surface area contributed by atoms with Gasteiger partial charge in [-0.1, -0.05) is 12.8 Å². The normalized spacial score (nSPS) is 16.5. The first-order chi connectivity index (χ1) is 8.81. The van der Waals surface area contributed by atoms with E-state index in [2.05, 4.69) is 0 Å². The van der Waals surface area contributed by atoms with E-state index in [0.29, 0.717) is 12.3 Å². The lowest BCUT2D eigenvalue weighted by Crippen LogP contribution is -2.39. The predicted molar refractivity (Wildman–Crippen MR) is 68.8 cm³/mol. The Morgan fingerprint density at radius 3 is 2.89 bits per heavy atom. The van der Waals surface area contributed by atoms with E-state index in [4.69, 9.17) is 9.52 Å². The molecule has 1 amide bonds. The summed E-state index contributed by atoms with van der Waals surface area (Å²) >= 11 is 0. The molecule has 0 radical (unpaired) electrons. The number of aliphatic hydroxyl groups excluding tert-OH is 1. The Bertz CT molecular complexity index is 391.